The Kier molecular flexibility index (Phi) is 2.23. The van der Waals surface area contributed by atoms with Crippen molar-refractivity contribution in [2.75, 3.05) is 13.1 Å². The molecule has 2 unspecified atom stereocenters. The fourth-order valence-electron chi connectivity index (χ4n) is 2.70. The molecule has 0 bridgehead atoms. The Balaban J connectivity index is 1.76. The number of rotatable bonds is 1. The second kappa shape index (κ2) is 3.53. The molecule has 90 valence electrons. The summed E-state index contributed by atoms with van der Waals surface area (Å²) in [5.74, 6) is 0.696. The lowest BCUT2D eigenvalue weighted by Crippen LogP contribution is -2.33. The summed E-state index contributed by atoms with van der Waals surface area (Å²) < 4.78 is 13.1. The summed E-state index contributed by atoms with van der Waals surface area (Å²) in [5, 5.41) is 0. The van der Waals surface area contributed by atoms with Crippen molar-refractivity contribution < 1.29 is 9.18 Å². The van der Waals surface area contributed by atoms with E-state index in [1.165, 1.54) is 6.07 Å². The number of hydrogen-bond acceptors (Lipinski definition) is 2. The van der Waals surface area contributed by atoms with Crippen LogP contribution in [0.5, 0.6) is 0 Å². The maximum Gasteiger partial charge on any atom is 0.253 e. The Morgan fingerprint density at radius 1 is 1.41 bits per heavy atom. The Morgan fingerprint density at radius 2 is 2.06 bits per heavy atom. The Morgan fingerprint density at radius 3 is 2.65 bits per heavy atom. The summed E-state index contributed by atoms with van der Waals surface area (Å²) in [7, 11) is 0. The summed E-state index contributed by atoms with van der Waals surface area (Å²) in [5.41, 5.74) is 6.91. The number of piperidine rings is 1. The van der Waals surface area contributed by atoms with Crippen LogP contribution in [0.3, 0.4) is 0 Å². The van der Waals surface area contributed by atoms with E-state index < -0.39 is 0 Å². The molecular formula is C13H15FN2O. The van der Waals surface area contributed by atoms with Gasteiger partial charge >= 0.3 is 0 Å². The number of halogens is 1. The monoisotopic (exact) mass is 234 g/mol. The van der Waals surface area contributed by atoms with Crippen molar-refractivity contribution in [3.63, 3.8) is 0 Å². The van der Waals surface area contributed by atoms with E-state index in [-0.39, 0.29) is 17.8 Å². The van der Waals surface area contributed by atoms with Crippen molar-refractivity contribution >= 4 is 5.91 Å². The third kappa shape index (κ3) is 1.63. The molecule has 2 N–H and O–H groups in total. The molecule has 1 saturated carbocycles. The molecule has 1 amide bonds. The zero-order chi connectivity index (χ0) is 12.2. The summed E-state index contributed by atoms with van der Waals surface area (Å²) in [6, 6.07) is 4.80. The van der Waals surface area contributed by atoms with Gasteiger partial charge in [0.2, 0.25) is 0 Å². The molecular weight excluding hydrogens is 219 g/mol. The largest absolute Gasteiger partial charge is 0.338 e. The molecule has 1 aliphatic heterocycles. The zero-order valence-electron chi connectivity index (χ0n) is 9.69. The van der Waals surface area contributed by atoms with Crippen molar-refractivity contribution in [2.24, 2.45) is 17.6 Å². The van der Waals surface area contributed by atoms with Crippen molar-refractivity contribution in [1.29, 1.82) is 0 Å². The lowest BCUT2D eigenvalue weighted by Gasteiger charge is -2.19. The van der Waals surface area contributed by atoms with Crippen LogP contribution in [-0.2, 0) is 0 Å². The SMILES string of the molecule is Cc1cc(C(=O)N2CC3C(N)C3C2)ccc1F. The lowest BCUT2D eigenvalue weighted by atomic mass is 10.1. The standard InChI is InChI=1S/C13H15FN2O/c1-7-4-8(2-3-11(7)14)13(17)16-5-9-10(6-16)12(9)15/h2-4,9-10,12H,5-6,15H2,1H3. The second-order valence-electron chi connectivity index (χ2n) is 5.08. The highest BCUT2D eigenvalue weighted by Crippen LogP contribution is 2.44. The van der Waals surface area contributed by atoms with Gasteiger partial charge in [-0.1, -0.05) is 0 Å². The van der Waals surface area contributed by atoms with Crippen LogP contribution < -0.4 is 5.73 Å². The van der Waals surface area contributed by atoms with Crippen LogP contribution in [0.4, 0.5) is 4.39 Å². The smallest absolute Gasteiger partial charge is 0.253 e. The zero-order valence-corrected chi connectivity index (χ0v) is 9.69. The second-order valence-corrected chi connectivity index (χ2v) is 5.08. The molecule has 0 radical (unpaired) electrons. The van der Waals surface area contributed by atoms with Crippen LogP contribution in [0.2, 0.25) is 0 Å². The van der Waals surface area contributed by atoms with Crippen LogP contribution in [0.15, 0.2) is 18.2 Å². The first-order valence-electron chi connectivity index (χ1n) is 5.89. The number of likely N-dealkylation sites (tertiary alicyclic amines) is 1. The van der Waals surface area contributed by atoms with Gasteiger partial charge in [0, 0.05) is 24.7 Å². The van der Waals surface area contributed by atoms with E-state index in [1.54, 1.807) is 19.1 Å². The molecule has 2 aliphatic rings. The third-order valence-corrected chi connectivity index (χ3v) is 3.95. The van der Waals surface area contributed by atoms with Crippen molar-refractivity contribution in [3.8, 4) is 0 Å². The molecule has 1 aromatic carbocycles. The summed E-state index contributed by atoms with van der Waals surface area (Å²) in [4.78, 5) is 14.0. The van der Waals surface area contributed by atoms with Gasteiger partial charge in [0.05, 0.1) is 0 Å². The first kappa shape index (κ1) is 10.7. The lowest BCUT2D eigenvalue weighted by molar-refractivity contribution is 0.0773. The molecule has 1 aliphatic carbocycles. The fourth-order valence-corrected chi connectivity index (χ4v) is 2.70. The topological polar surface area (TPSA) is 46.3 Å². The molecule has 2 atom stereocenters. The Hall–Kier alpha value is -1.42. The first-order valence-corrected chi connectivity index (χ1v) is 5.89. The van der Waals surface area contributed by atoms with E-state index in [2.05, 4.69) is 0 Å². The van der Waals surface area contributed by atoms with Gasteiger partial charge < -0.3 is 10.6 Å². The predicted molar refractivity (Wildman–Crippen MR) is 62.0 cm³/mol. The molecule has 1 heterocycles. The maximum absolute atomic E-state index is 13.1. The van der Waals surface area contributed by atoms with Crippen molar-refractivity contribution in [1.82, 2.24) is 4.90 Å². The highest BCUT2D eigenvalue weighted by Gasteiger charge is 2.54. The number of fused-ring (bicyclic) bond motifs is 1. The summed E-state index contributed by atoms with van der Waals surface area (Å²) in [6.07, 6.45) is 0. The highest BCUT2D eigenvalue weighted by molar-refractivity contribution is 5.94. The molecule has 4 heteroatoms. The van der Waals surface area contributed by atoms with Gasteiger partial charge in [0.1, 0.15) is 5.82 Å². The number of nitrogens with zero attached hydrogens (tertiary/aromatic N) is 1. The number of carbonyl (C=O) groups excluding carboxylic acids is 1. The Bertz CT molecular complexity index is 476. The quantitative estimate of drug-likeness (QED) is 0.792. The summed E-state index contributed by atoms with van der Waals surface area (Å²) in [6.45, 7) is 3.17. The number of nitrogens with two attached hydrogens (primary N) is 1. The van der Waals surface area contributed by atoms with Crippen LogP contribution in [0.25, 0.3) is 0 Å². The molecule has 0 aromatic heterocycles. The Labute approximate surface area is 99.4 Å². The fraction of sp³-hybridized carbons (Fsp3) is 0.462. The minimum atomic E-state index is -0.271. The number of carbonyl (C=O) groups is 1. The number of amides is 1. The van der Waals surface area contributed by atoms with Gasteiger partial charge in [-0.25, -0.2) is 4.39 Å². The van der Waals surface area contributed by atoms with E-state index in [0.29, 0.717) is 23.0 Å². The number of hydrogen-bond donors (Lipinski definition) is 1. The van der Waals surface area contributed by atoms with Gasteiger partial charge in [-0.15, -0.1) is 0 Å². The average Bonchev–Trinajstić information content (AvgIpc) is 2.78. The van der Waals surface area contributed by atoms with E-state index in [9.17, 15) is 9.18 Å². The first-order chi connectivity index (χ1) is 8.08. The van der Waals surface area contributed by atoms with Crippen molar-refractivity contribution in [2.45, 2.75) is 13.0 Å². The van der Waals surface area contributed by atoms with E-state index in [4.69, 9.17) is 5.73 Å². The third-order valence-electron chi connectivity index (χ3n) is 3.95. The molecule has 3 nitrogen and oxygen atoms in total. The van der Waals surface area contributed by atoms with Gasteiger partial charge in [-0.3, -0.25) is 4.79 Å². The molecule has 17 heavy (non-hydrogen) atoms. The van der Waals surface area contributed by atoms with Gasteiger partial charge in [0.25, 0.3) is 5.91 Å². The van der Waals surface area contributed by atoms with Crippen molar-refractivity contribution in [3.05, 3.63) is 35.1 Å². The van der Waals surface area contributed by atoms with Gasteiger partial charge in [-0.05, 0) is 42.5 Å². The van der Waals surface area contributed by atoms with Gasteiger partial charge in [0.15, 0.2) is 0 Å². The summed E-state index contributed by atoms with van der Waals surface area (Å²) >= 11 is 0. The van der Waals surface area contributed by atoms with Gasteiger partial charge in [-0.2, -0.15) is 0 Å². The minimum Gasteiger partial charge on any atom is -0.338 e. The minimum absolute atomic E-state index is 0.00694. The molecule has 0 spiro atoms. The van der Waals surface area contributed by atoms with Crippen LogP contribution in [0.1, 0.15) is 15.9 Å². The molecule has 1 aromatic rings. The van der Waals surface area contributed by atoms with E-state index in [1.807, 2.05) is 4.90 Å². The maximum atomic E-state index is 13.1. The average molecular weight is 234 g/mol. The van der Waals surface area contributed by atoms with E-state index in [0.717, 1.165) is 13.1 Å². The molecule has 1 saturated heterocycles. The van der Waals surface area contributed by atoms with E-state index >= 15 is 0 Å². The molecule has 2 fully saturated rings. The normalized spacial score (nSPS) is 30.3. The number of benzene rings is 1. The number of aryl methyl sites for hydroxylation is 1. The van der Waals surface area contributed by atoms with Crippen LogP contribution in [-0.4, -0.2) is 29.9 Å². The molecule has 3 rings (SSSR count). The van der Waals surface area contributed by atoms with Crippen LogP contribution in [0, 0.1) is 24.6 Å². The van der Waals surface area contributed by atoms with Crippen LogP contribution >= 0.6 is 0 Å². The predicted octanol–water partition coefficient (Wildman–Crippen LogP) is 1.16. The highest BCUT2D eigenvalue weighted by atomic mass is 19.1.